The third kappa shape index (κ3) is 4.18. The molecule has 1 aromatic heterocycles. The lowest BCUT2D eigenvalue weighted by Gasteiger charge is -2.11. The zero-order chi connectivity index (χ0) is 13.8. The molecule has 1 aromatic rings. The quantitative estimate of drug-likeness (QED) is 0.786. The summed E-state index contributed by atoms with van der Waals surface area (Å²) >= 11 is 5.91. The molecule has 4 nitrogen and oxygen atoms in total. The highest BCUT2D eigenvalue weighted by molar-refractivity contribution is 6.29. The lowest BCUT2D eigenvalue weighted by Crippen LogP contribution is -2.33. The standard InChI is InChI=1S/C14H19ClN2O2/c1-2-3-11-6-10(7-13(15)17-11)14(19)16-8-12(18)9-4-5-9/h6-7,9,12,18H,2-5,8H2,1H3,(H,16,19). The minimum absolute atomic E-state index is 0.207. The van der Waals surface area contributed by atoms with Crippen molar-refractivity contribution in [3.63, 3.8) is 0 Å². The molecule has 1 aliphatic carbocycles. The number of nitrogens with one attached hydrogen (secondary N) is 1. The van der Waals surface area contributed by atoms with Crippen molar-refractivity contribution < 1.29 is 9.90 Å². The third-order valence-electron chi connectivity index (χ3n) is 3.25. The maximum Gasteiger partial charge on any atom is 0.251 e. The normalized spacial score (nSPS) is 16.2. The van der Waals surface area contributed by atoms with E-state index in [-0.39, 0.29) is 5.91 Å². The van der Waals surface area contributed by atoms with Crippen LogP contribution in [0.4, 0.5) is 0 Å². The van der Waals surface area contributed by atoms with Crippen molar-refractivity contribution in [2.24, 2.45) is 5.92 Å². The maximum absolute atomic E-state index is 12.0. The van der Waals surface area contributed by atoms with Crippen molar-refractivity contribution in [2.45, 2.75) is 38.7 Å². The Morgan fingerprint density at radius 1 is 1.58 bits per heavy atom. The van der Waals surface area contributed by atoms with Crippen LogP contribution in [0.25, 0.3) is 0 Å². The monoisotopic (exact) mass is 282 g/mol. The first-order chi connectivity index (χ1) is 9.10. The molecule has 2 rings (SSSR count). The predicted molar refractivity (Wildman–Crippen MR) is 74.3 cm³/mol. The van der Waals surface area contributed by atoms with Crippen molar-refractivity contribution >= 4 is 17.5 Å². The van der Waals surface area contributed by atoms with Gasteiger partial charge >= 0.3 is 0 Å². The Kier molecular flexibility index (Phi) is 4.77. The fraction of sp³-hybridized carbons (Fsp3) is 0.571. The lowest BCUT2D eigenvalue weighted by molar-refractivity contribution is 0.0901. The van der Waals surface area contributed by atoms with E-state index in [1.165, 1.54) is 0 Å². The second-order valence-electron chi connectivity index (χ2n) is 5.03. The number of hydrogen-bond acceptors (Lipinski definition) is 3. The molecule has 19 heavy (non-hydrogen) atoms. The van der Waals surface area contributed by atoms with Crippen LogP contribution >= 0.6 is 11.6 Å². The van der Waals surface area contributed by atoms with Crippen LogP contribution in [0.1, 0.15) is 42.2 Å². The minimum Gasteiger partial charge on any atom is -0.391 e. The van der Waals surface area contributed by atoms with Crippen LogP contribution in [0.2, 0.25) is 5.15 Å². The Labute approximate surface area is 118 Å². The van der Waals surface area contributed by atoms with Gasteiger partial charge in [0.1, 0.15) is 5.15 Å². The van der Waals surface area contributed by atoms with E-state index in [2.05, 4.69) is 10.3 Å². The summed E-state index contributed by atoms with van der Waals surface area (Å²) in [6.07, 6.45) is 3.43. The SMILES string of the molecule is CCCc1cc(C(=O)NCC(O)C2CC2)cc(Cl)n1. The van der Waals surface area contributed by atoms with Crippen LogP contribution in [0.5, 0.6) is 0 Å². The third-order valence-corrected chi connectivity index (χ3v) is 3.45. The molecule has 1 unspecified atom stereocenters. The van der Waals surface area contributed by atoms with Gasteiger partial charge in [-0.2, -0.15) is 0 Å². The highest BCUT2D eigenvalue weighted by Gasteiger charge is 2.29. The molecular weight excluding hydrogens is 264 g/mol. The van der Waals surface area contributed by atoms with Crippen molar-refractivity contribution in [3.8, 4) is 0 Å². The average Bonchev–Trinajstić information content (AvgIpc) is 3.19. The molecule has 5 heteroatoms. The molecule has 1 atom stereocenters. The first-order valence-electron chi connectivity index (χ1n) is 6.73. The van der Waals surface area contributed by atoms with Gasteiger partial charge in [-0.15, -0.1) is 0 Å². The molecule has 104 valence electrons. The van der Waals surface area contributed by atoms with Gasteiger partial charge in [-0.3, -0.25) is 4.79 Å². The predicted octanol–water partition coefficient (Wildman–Crippen LogP) is 2.19. The van der Waals surface area contributed by atoms with E-state index >= 15 is 0 Å². The summed E-state index contributed by atoms with van der Waals surface area (Å²) in [7, 11) is 0. The number of pyridine rings is 1. The number of nitrogens with zero attached hydrogens (tertiary/aromatic N) is 1. The van der Waals surface area contributed by atoms with E-state index in [1.54, 1.807) is 12.1 Å². The number of aliphatic hydroxyl groups excluding tert-OH is 1. The summed E-state index contributed by atoms with van der Waals surface area (Å²) in [5.41, 5.74) is 1.33. The molecule has 0 bridgehead atoms. The fourth-order valence-corrected chi connectivity index (χ4v) is 2.24. The maximum atomic E-state index is 12.0. The summed E-state index contributed by atoms with van der Waals surface area (Å²) in [5.74, 6) is 0.151. The zero-order valence-electron chi connectivity index (χ0n) is 11.0. The Hall–Kier alpha value is -1.13. The largest absolute Gasteiger partial charge is 0.391 e. The molecular formula is C14H19ClN2O2. The molecule has 0 radical (unpaired) electrons. The van der Waals surface area contributed by atoms with Crippen molar-refractivity contribution in [3.05, 3.63) is 28.5 Å². The molecule has 0 aromatic carbocycles. The van der Waals surface area contributed by atoms with Gasteiger partial charge in [0.05, 0.1) is 6.10 Å². The number of aromatic nitrogens is 1. The van der Waals surface area contributed by atoms with E-state index in [0.29, 0.717) is 23.2 Å². The Morgan fingerprint density at radius 2 is 2.32 bits per heavy atom. The van der Waals surface area contributed by atoms with Crippen LogP contribution in [0, 0.1) is 5.92 Å². The van der Waals surface area contributed by atoms with Crippen molar-refractivity contribution in [1.29, 1.82) is 0 Å². The van der Waals surface area contributed by atoms with Gasteiger partial charge in [-0.25, -0.2) is 4.98 Å². The molecule has 1 heterocycles. The van der Waals surface area contributed by atoms with E-state index < -0.39 is 6.10 Å². The molecule has 2 N–H and O–H groups in total. The van der Waals surface area contributed by atoms with Gasteiger partial charge in [0, 0.05) is 17.8 Å². The summed E-state index contributed by atoms with van der Waals surface area (Å²) in [6, 6.07) is 3.31. The van der Waals surface area contributed by atoms with Crippen LogP contribution in [-0.4, -0.2) is 28.6 Å². The van der Waals surface area contributed by atoms with E-state index in [9.17, 15) is 9.90 Å². The summed E-state index contributed by atoms with van der Waals surface area (Å²) in [4.78, 5) is 16.2. The molecule has 1 fully saturated rings. The molecule has 0 spiro atoms. The van der Waals surface area contributed by atoms with Gasteiger partial charge in [0.25, 0.3) is 5.91 Å². The lowest BCUT2D eigenvalue weighted by atomic mass is 10.1. The van der Waals surface area contributed by atoms with Gasteiger partial charge in [-0.1, -0.05) is 24.9 Å². The van der Waals surface area contributed by atoms with E-state index in [1.807, 2.05) is 6.92 Å². The second kappa shape index (κ2) is 6.35. The Morgan fingerprint density at radius 3 is 2.95 bits per heavy atom. The number of rotatable bonds is 6. The highest BCUT2D eigenvalue weighted by Crippen LogP contribution is 2.32. The number of aryl methyl sites for hydroxylation is 1. The average molecular weight is 283 g/mol. The van der Waals surface area contributed by atoms with E-state index in [4.69, 9.17) is 11.6 Å². The fourth-order valence-electron chi connectivity index (χ4n) is 2.01. The topological polar surface area (TPSA) is 62.2 Å². The first-order valence-corrected chi connectivity index (χ1v) is 7.10. The first kappa shape index (κ1) is 14.3. The van der Waals surface area contributed by atoms with Crippen molar-refractivity contribution in [2.75, 3.05) is 6.54 Å². The van der Waals surface area contributed by atoms with Crippen LogP contribution in [-0.2, 0) is 6.42 Å². The number of amides is 1. The number of carbonyl (C=O) groups is 1. The van der Waals surface area contributed by atoms with Crippen LogP contribution in [0.3, 0.4) is 0 Å². The minimum atomic E-state index is -0.434. The molecule has 1 saturated carbocycles. The summed E-state index contributed by atoms with van der Waals surface area (Å²) in [5, 5.41) is 12.8. The highest BCUT2D eigenvalue weighted by atomic mass is 35.5. The number of hydrogen-bond donors (Lipinski definition) is 2. The molecule has 0 saturated heterocycles. The second-order valence-corrected chi connectivity index (χ2v) is 5.42. The molecule has 0 aliphatic heterocycles. The smallest absolute Gasteiger partial charge is 0.251 e. The summed E-state index contributed by atoms with van der Waals surface area (Å²) in [6.45, 7) is 2.35. The number of carbonyl (C=O) groups excluding carboxylic acids is 1. The molecule has 1 amide bonds. The van der Waals surface area contributed by atoms with Gasteiger partial charge in [-0.05, 0) is 37.3 Å². The van der Waals surface area contributed by atoms with Gasteiger partial charge < -0.3 is 10.4 Å². The zero-order valence-corrected chi connectivity index (χ0v) is 11.8. The van der Waals surface area contributed by atoms with Crippen molar-refractivity contribution in [1.82, 2.24) is 10.3 Å². The molecule has 1 aliphatic rings. The Bertz CT molecular complexity index is 461. The Balaban J connectivity index is 1.97. The van der Waals surface area contributed by atoms with E-state index in [0.717, 1.165) is 31.4 Å². The number of aliphatic hydroxyl groups is 1. The van der Waals surface area contributed by atoms with Gasteiger partial charge in [0.15, 0.2) is 0 Å². The summed E-state index contributed by atoms with van der Waals surface area (Å²) < 4.78 is 0. The number of halogens is 1. The van der Waals surface area contributed by atoms with Crippen LogP contribution in [0.15, 0.2) is 12.1 Å². The van der Waals surface area contributed by atoms with Crippen LogP contribution < -0.4 is 5.32 Å². The van der Waals surface area contributed by atoms with Gasteiger partial charge in [0.2, 0.25) is 0 Å².